The second kappa shape index (κ2) is 3.73. The van der Waals surface area contributed by atoms with Crippen LogP contribution in [0.4, 0.5) is 0 Å². The average molecular weight is 222 g/mol. The van der Waals surface area contributed by atoms with Gasteiger partial charge in [0, 0.05) is 24.5 Å². The number of piperidine rings is 1. The molecule has 3 rings (SSSR count). The van der Waals surface area contributed by atoms with Gasteiger partial charge in [0.25, 0.3) is 0 Å². The zero-order valence-electron chi connectivity index (χ0n) is 10.2. The Labute approximate surface area is 97.6 Å². The van der Waals surface area contributed by atoms with Gasteiger partial charge in [0.05, 0.1) is 0 Å². The van der Waals surface area contributed by atoms with Crippen molar-refractivity contribution in [1.82, 2.24) is 10.2 Å². The number of rotatable bonds is 1. The summed E-state index contributed by atoms with van der Waals surface area (Å²) in [7, 11) is 0. The fraction of sp³-hybridized carbons (Fsp3) is 0.923. The van der Waals surface area contributed by atoms with Gasteiger partial charge in [-0.05, 0) is 44.6 Å². The van der Waals surface area contributed by atoms with E-state index >= 15 is 0 Å². The van der Waals surface area contributed by atoms with E-state index in [1.807, 2.05) is 0 Å². The lowest BCUT2D eigenvalue weighted by molar-refractivity contribution is -0.134. The first kappa shape index (κ1) is 10.6. The highest BCUT2D eigenvalue weighted by molar-refractivity contribution is 5.81. The van der Waals surface area contributed by atoms with Crippen LogP contribution in [0.25, 0.3) is 0 Å². The molecule has 1 amide bonds. The molecular weight excluding hydrogens is 200 g/mol. The molecule has 1 aliphatic carbocycles. The SMILES string of the molecule is C[C@H]1C[C@H]1C(=O)N1CCC2(CCCN2)CC1. The number of likely N-dealkylation sites (tertiary alicyclic amines) is 1. The van der Waals surface area contributed by atoms with E-state index in [2.05, 4.69) is 17.1 Å². The number of carbonyl (C=O) groups excluding carboxylic acids is 1. The van der Waals surface area contributed by atoms with Gasteiger partial charge in [-0.2, -0.15) is 0 Å². The normalized spacial score (nSPS) is 36.7. The van der Waals surface area contributed by atoms with Crippen molar-refractivity contribution in [2.45, 2.75) is 44.6 Å². The molecule has 2 heterocycles. The van der Waals surface area contributed by atoms with Gasteiger partial charge in [0.15, 0.2) is 0 Å². The van der Waals surface area contributed by atoms with Crippen molar-refractivity contribution in [3.05, 3.63) is 0 Å². The lowest BCUT2D eigenvalue weighted by Gasteiger charge is -2.39. The van der Waals surface area contributed by atoms with Crippen LogP contribution in [0.1, 0.15) is 39.0 Å². The number of amides is 1. The van der Waals surface area contributed by atoms with Crippen LogP contribution in [0.3, 0.4) is 0 Å². The van der Waals surface area contributed by atoms with Crippen LogP contribution in [0.5, 0.6) is 0 Å². The van der Waals surface area contributed by atoms with Gasteiger partial charge >= 0.3 is 0 Å². The van der Waals surface area contributed by atoms with Gasteiger partial charge in [-0.15, -0.1) is 0 Å². The van der Waals surface area contributed by atoms with E-state index in [0.717, 1.165) is 19.5 Å². The predicted octanol–water partition coefficient (Wildman–Crippen LogP) is 1.39. The summed E-state index contributed by atoms with van der Waals surface area (Å²) < 4.78 is 0. The maximum Gasteiger partial charge on any atom is 0.225 e. The van der Waals surface area contributed by atoms with E-state index in [0.29, 0.717) is 23.3 Å². The molecule has 0 aromatic carbocycles. The maximum atomic E-state index is 12.1. The third kappa shape index (κ3) is 1.75. The molecule has 0 radical (unpaired) electrons. The summed E-state index contributed by atoms with van der Waals surface area (Å²) in [5, 5.41) is 3.65. The van der Waals surface area contributed by atoms with Crippen LogP contribution in [-0.4, -0.2) is 36.0 Å². The Hall–Kier alpha value is -0.570. The molecule has 3 heteroatoms. The number of carbonyl (C=O) groups is 1. The molecule has 90 valence electrons. The Morgan fingerprint density at radius 3 is 2.50 bits per heavy atom. The van der Waals surface area contributed by atoms with Crippen LogP contribution < -0.4 is 5.32 Å². The number of nitrogens with one attached hydrogen (secondary N) is 1. The molecule has 2 saturated heterocycles. The van der Waals surface area contributed by atoms with Crippen LogP contribution in [0.2, 0.25) is 0 Å². The van der Waals surface area contributed by atoms with Gasteiger partial charge < -0.3 is 10.2 Å². The van der Waals surface area contributed by atoms with Gasteiger partial charge in [-0.25, -0.2) is 0 Å². The molecule has 3 nitrogen and oxygen atoms in total. The van der Waals surface area contributed by atoms with Crippen LogP contribution >= 0.6 is 0 Å². The zero-order chi connectivity index (χ0) is 11.2. The Bertz CT molecular complexity index is 286. The monoisotopic (exact) mass is 222 g/mol. The molecule has 2 atom stereocenters. The van der Waals surface area contributed by atoms with Crippen molar-refractivity contribution < 1.29 is 4.79 Å². The largest absolute Gasteiger partial charge is 0.342 e. The van der Waals surface area contributed by atoms with Crippen molar-refractivity contribution in [2.24, 2.45) is 11.8 Å². The van der Waals surface area contributed by atoms with Gasteiger partial charge in [0.1, 0.15) is 0 Å². The van der Waals surface area contributed by atoms with E-state index in [1.165, 1.54) is 32.2 Å². The summed E-state index contributed by atoms with van der Waals surface area (Å²) in [6.45, 7) is 5.32. The molecule has 3 aliphatic rings. The molecule has 1 saturated carbocycles. The first-order valence-corrected chi connectivity index (χ1v) is 6.74. The Kier molecular flexibility index (Phi) is 2.46. The summed E-state index contributed by atoms with van der Waals surface area (Å²) in [5.74, 6) is 1.44. The third-order valence-corrected chi connectivity index (χ3v) is 4.79. The molecule has 0 bridgehead atoms. The van der Waals surface area contributed by atoms with Gasteiger partial charge in [-0.1, -0.05) is 6.92 Å². The Morgan fingerprint density at radius 2 is 2.00 bits per heavy atom. The molecule has 1 N–H and O–H groups in total. The summed E-state index contributed by atoms with van der Waals surface area (Å²) in [6.07, 6.45) is 6.08. The van der Waals surface area contributed by atoms with Crippen molar-refractivity contribution >= 4 is 5.91 Å². The average Bonchev–Trinajstić information content (AvgIpc) is 2.85. The van der Waals surface area contributed by atoms with E-state index < -0.39 is 0 Å². The summed E-state index contributed by atoms with van der Waals surface area (Å²) in [5.41, 5.74) is 0.395. The first-order valence-electron chi connectivity index (χ1n) is 6.74. The zero-order valence-corrected chi connectivity index (χ0v) is 10.2. The minimum atomic E-state index is 0.366. The minimum Gasteiger partial charge on any atom is -0.342 e. The first-order chi connectivity index (χ1) is 7.70. The van der Waals surface area contributed by atoms with E-state index in [-0.39, 0.29) is 0 Å². The van der Waals surface area contributed by atoms with Crippen molar-refractivity contribution in [2.75, 3.05) is 19.6 Å². The second-order valence-corrected chi connectivity index (χ2v) is 5.96. The Balaban J connectivity index is 1.56. The molecule has 2 aliphatic heterocycles. The number of hydrogen-bond acceptors (Lipinski definition) is 2. The minimum absolute atomic E-state index is 0.366. The molecule has 3 fully saturated rings. The number of hydrogen-bond donors (Lipinski definition) is 1. The summed E-state index contributed by atoms with van der Waals surface area (Å²) in [6, 6.07) is 0. The van der Waals surface area contributed by atoms with E-state index in [4.69, 9.17) is 0 Å². The summed E-state index contributed by atoms with van der Waals surface area (Å²) >= 11 is 0. The van der Waals surface area contributed by atoms with Gasteiger partial charge in [-0.3, -0.25) is 4.79 Å². The van der Waals surface area contributed by atoms with Crippen LogP contribution in [-0.2, 0) is 4.79 Å². The van der Waals surface area contributed by atoms with Crippen molar-refractivity contribution in [3.63, 3.8) is 0 Å². The molecular formula is C13H22N2O. The van der Waals surface area contributed by atoms with Crippen LogP contribution in [0.15, 0.2) is 0 Å². The van der Waals surface area contributed by atoms with E-state index in [1.54, 1.807) is 0 Å². The van der Waals surface area contributed by atoms with Crippen LogP contribution in [0, 0.1) is 11.8 Å². The summed E-state index contributed by atoms with van der Waals surface area (Å²) in [4.78, 5) is 14.2. The standard InChI is InChI=1S/C13H22N2O/c1-10-9-11(10)12(16)15-7-4-13(5-8-15)3-2-6-14-13/h10-11,14H,2-9H2,1H3/t10-,11+/m0/s1. The smallest absolute Gasteiger partial charge is 0.225 e. The molecule has 0 unspecified atom stereocenters. The van der Waals surface area contributed by atoms with Crippen molar-refractivity contribution in [3.8, 4) is 0 Å². The molecule has 0 aromatic rings. The third-order valence-electron chi connectivity index (χ3n) is 4.79. The lowest BCUT2D eigenvalue weighted by Crippen LogP contribution is -2.51. The molecule has 16 heavy (non-hydrogen) atoms. The molecule has 0 aromatic heterocycles. The topological polar surface area (TPSA) is 32.3 Å². The highest BCUT2D eigenvalue weighted by Gasteiger charge is 2.44. The lowest BCUT2D eigenvalue weighted by atomic mass is 9.86. The number of nitrogens with zero attached hydrogens (tertiary/aromatic N) is 1. The fourth-order valence-electron chi connectivity index (χ4n) is 3.35. The van der Waals surface area contributed by atoms with Gasteiger partial charge in [0.2, 0.25) is 5.91 Å². The van der Waals surface area contributed by atoms with Crippen molar-refractivity contribution in [1.29, 1.82) is 0 Å². The fourth-order valence-corrected chi connectivity index (χ4v) is 3.35. The highest BCUT2D eigenvalue weighted by atomic mass is 16.2. The van der Waals surface area contributed by atoms with E-state index in [9.17, 15) is 4.79 Å². The highest BCUT2D eigenvalue weighted by Crippen LogP contribution is 2.40. The second-order valence-electron chi connectivity index (χ2n) is 5.96. The Morgan fingerprint density at radius 1 is 1.31 bits per heavy atom. The quantitative estimate of drug-likeness (QED) is 0.727. The predicted molar refractivity (Wildman–Crippen MR) is 63.1 cm³/mol. The molecule has 1 spiro atoms. The maximum absolute atomic E-state index is 12.1.